The Morgan fingerprint density at radius 2 is 1.88 bits per heavy atom. The molecule has 0 saturated carbocycles. The molecule has 0 radical (unpaired) electrons. The van der Waals surface area contributed by atoms with Gasteiger partial charge in [-0.1, -0.05) is 38.1 Å². The summed E-state index contributed by atoms with van der Waals surface area (Å²) < 4.78 is 0. The number of amides is 1. The van der Waals surface area contributed by atoms with Crippen molar-refractivity contribution in [2.24, 2.45) is 5.73 Å². The molecule has 88 valence electrons. The summed E-state index contributed by atoms with van der Waals surface area (Å²) in [5, 5.41) is 3.04. The molecule has 3 heteroatoms. The molecule has 3 nitrogen and oxygen atoms in total. The molecular weight excluding hydrogens is 200 g/mol. The van der Waals surface area contributed by atoms with Crippen molar-refractivity contribution in [2.75, 3.05) is 7.05 Å². The van der Waals surface area contributed by atoms with Gasteiger partial charge in [-0.05, 0) is 31.0 Å². The number of nitrogens with one attached hydrogen (secondary N) is 1. The maximum Gasteiger partial charge on any atom is 0.242 e. The first-order valence-electron chi connectivity index (χ1n) is 5.69. The van der Waals surface area contributed by atoms with E-state index in [4.69, 9.17) is 5.73 Å². The predicted octanol–water partition coefficient (Wildman–Crippen LogP) is 1.56. The van der Waals surface area contributed by atoms with Gasteiger partial charge in [0.1, 0.15) is 5.54 Å². The number of hydrogen-bond donors (Lipinski definition) is 2. The quantitative estimate of drug-likeness (QED) is 0.791. The van der Waals surface area contributed by atoms with Crippen molar-refractivity contribution in [3.8, 4) is 0 Å². The Morgan fingerprint density at radius 3 is 2.19 bits per heavy atom. The molecule has 0 saturated heterocycles. The zero-order valence-electron chi connectivity index (χ0n) is 10.2. The van der Waals surface area contributed by atoms with Crippen LogP contribution in [0.3, 0.4) is 0 Å². The fraction of sp³-hybridized carbons (Fsp3) is 0.462. The minimum absolute atomic E-state index is 0.332. The molecule has 1 amide bonds. The zero-order valence-corrected chi connectivity index (χ0v) is 10.2. The number of nitrogens with two attached hydrogens (primary N) is 1. The van der Waals surface area contributed by atoms with E-state index in [0.29, 0.717) is 6.42 Å². The van der Waals surface area contributed by atoms with Crippen LogP contribution < -0.4 is 11.1 Å². The van der Waals surface area contributed by atoms with Crippen molar-refractivity contribution in [3.05, 3.63) is 35.4 Å². The Balaban J connectivity index is 3.16. The maximum absolute atomic E-state index is 11.6. The van der Waals surface area contributed by atoms with Crippen LogP contribution in [-0.4, -0.2) is 13.0 Å². The van der Waals surface area contributed by atoms with E-state index in [9.17, 15) is 4.79 Å². The van der Waals surface area contributed by atoms with Crippen LogP contribution in [0.2, 0.25) is 0 Å². The molecule has 1 atom stereocenters. The first-order chi connectivity index (χ1) is 7.60. The third-order valence-electron chi connectivity index (χ3n) is 3.23. The topological polar surface area (TPSA) is 55.1 Å². The van der Waals surface area contributed by atoms with Crippen molar-refractivity contribution in [1.82, 2.24) is 5.32 Å². The monoisotopic (exact) mass is 220 g/mol. The number of carbonyl (C=O) groups is 1. The van der Waals surface area contributed by atoms with Crippen molar-refractivity contribution < 1.29 is 4.79 Å². The lowest BCUT2D eigenvalue weighted by molar-refractivity contribution is -0.124. The summed E-state index contributed by atoms with van der Waals surface area (Å²) in [6.07, 6.45) is 1.64. The summed E-state index contributed by atoms with van der Waals surface area (Å²) in [7, 11) is 1.77. The highest BCUT2D eigenvalue weighted by atomic mass is 16.1. The molecule has 0 aliphatic heterocycles. The highest BCUT2D eigenvalue weighted by molar-refractivity contribution is 5.86. The summed E-state index contributed by atoms with van der Waals surface area (Å²) in [4.78, 5) is 11.6. The molecule has 1 rings (SSSR count). The van der Waals surface area contributed by atoms with Crippen LogP contribution in [-0.2, 0) is 16.8 Å². The van der Waals surface area contributed by atoms with Gasteiger partial charge in [-0.3, -0.25) is 4.79 Å². The van der Waals surface area contributed by atoms with Crippen LogP contribution in [0.15, 0.2) is 24.3 Å². The first-order valence-corrected chi connectivity index (χ1v) is 5.69. The third kappa shape index (κ3) is 2.09. The van der Waals surface area contributed by atoms with Crippen molar-refractivity contribution in [2.45, 2.75) is 32.2 Å². The Kier molecular flexibility index (Phi) is 4.07. The Bertz CT molecular complexity index is 353. The van der Waals surface area contributed by atoms with E-state index < -0.39 is 5.54 Å². The SMILES string of the molecule is CCc1ccc(C(CC)(NC)C(N)=O)cc1. The zero-order chi connectivity index (χ0) is 12.2. The number of benzene rings is 1. The molecule has 0 aromatic heterocycles. The van der Waals surface area contributed by atoms with Gasteiger partial charge in [-0.15, -0.1) is 0 Å². The number of rotatable bonds is 5. The van der Waals surface area contributed by atoms with Crippen LogP contribution in [0, 0.1) is 0 Å². The van der Waals surface area contributed by atoms with Crippen molar-refractivity contribution in [1.29, 1.82) is 0 Å². The van der Waals surface area contributed by atoms with Crippen molar-refractivity contribution in [3.63, 3.8) is 0 Å². The largest absolute Gasteiger partial charge is 0.368 e. The highest BCUT2D eigenvalue weighted by Crippen LogP contribution is 2.24. The van der Waals surface area contributed by atoms with E-state index in [1.165, 1.54) is 5.56 Å². The second-order valence-corrected chi connectivity index (χ2v) is 3.92. The molecule has 16 heavy (non-hydrogen) atoms. The van der Waals surface area contributed by atoms with Gasteiger partial charge in [0.2, 0.25) is 5.91 Å². The van der Waals surface area contributed by atoms with E-state index in [0.717, 1.165) is 12.0 Å². The number of primary amides is 1. The number of aryl methyl sites for hydroxylation is 1. The summed E-state index contributed by atoms with van der Waals surface area (Å²) in [6.45, 7) is 4.06. The highest BCUT2D eigenvalue weighted by Gasteiger charge is 2.34. The summed E-state index contributed by atoms with van der Waals surface area (Å²) in [5.41, 5.74) is 6.94. The van der Waals surface area contributed by atoms with Crippen LogP contribution in [0.5, 0.6) is 0 Å². The standard InChI is InChI=1S/C13H20N2O/c1-4-10-6-8-11(9-7-10)13(5-2,15-3)12(14)16/h6-9,15H,4-5H2,1-3H3,(H2,14,16). The number of carbonyl (C=O) groups excluding carboxylic acids is 1. The average molecular weight is 220 g/mol. The third-order valence-corrected chi connectivity index (χ3v) is 3.23. The average Bonchev–Trinajstić information content (AvgIpc) is 2.32. The van der Waals surface area contributed by atoms with Crippen LogP contribution in [0.1, 0.15) is 31.4 Å². The van der Waals surface area contributed by atoms with E-state index in [1.54, 1.807) is 7.05 Å². The second-order valence-electron chi connectivity index (χ2n) is 3.92. The maximum atomic E-state index is 11.6. The smallest absolute Gasteiger partial charge is 0.242 e. The predicted molar refractivity (Wildman–Crippen MR) is 66.0 cm³/mol. The Hall–Kier alpha value is -1.35. The Morgan fingerprint density at radius 1 is 1.31 bits per heavy atom. The molecule has 0 fully saturated rings. The van der Waals surface area contributed by atoms with E-state index in [1.807, 2.05) is 31.2 Å². The molecule has 0 bridgehead atoms. The van der Waals surface area contributed by atoms with E-state index >= 15 is 0 Å². The van der Waals surface area contributed by atoms with Crippen LogP contribution >= 0.6 is 0 Å². The summed E-state index contributed by atoms with van der Waals surface area (Å²) in [6, 6.07) is 8.03. The van der Waals surface area contributed by atoms with Crippen LogP contribution in [0.4, 0.5) is 0 Å². The molecule has 1 unspecified atom stereocenters. The Labute approximate surface area is 97.0 Å². The lowest BCUT2D eigenvalue weighted by atomic mass is 9.86. The molecule has 0 aliphatic carbocycles. The van der Waals surface area contributed by atoms with Gasteiger partial charge in [0.05, 0.1) is 0 Å². The van der Waals surface area contributed by atoms with E-state index in [-0.39, 0.29) is 5.91 Å². The van der Waals surface area contributed by atoms with Crippen molar-refractivity contribution >= 4 is 5.91 Å². The lowest BCUT2D eigenvalue weighted by Gasteiger charge is -2.29. The second kappa shape index (κ2) is 5.12. The van der Waals surface area contributed by atoms with Gasteiger partial charge >= 0.3 is 0 Å². The fourth-order valence-corrected chi connectivity index (χ4v) is 1.99. The molecular formula is C13H20N2O. The number of likely N-dealkylation sites (N-methyl/N-ethyl adjacent to an activating group) is 1. The fourth-order valence-electron chi connectivity index (χ4n) is 1.99. The molecule has 3 N–H and O–H groups in total. The van der Waals surface area contributed by atoms with Gasteiger partial charge in [-0.2, -0.15) is 0 Å². The van der Waals surface area contributed by atoms with Gasteiger partial charge < -0.3 is 11.1 Å². The van der Waals surface area contributed by atoms with Gasteiger partial charge in [0.25, 0.3) is 0 Å². The molecule has 0 aliphatic rings. The van der Waals surface area contributed by atoms with Crippen LogP contribution in [0.25, 0.3) is 0 Å². The normalized spacial score (nSPS) is 14.4. The summed E-state index contributed by atoms with van der Waals surface area (Å²) >= 11 is 0. The lowest BCUT2D eigenvalue weighted by Crippen LogP contribution is -2.50. The molecule has 1 aromatic rings. The minimum atomic E-state index is -0.744. The minimum Gasteiger partial charge on any atom is -0.368 e. The molecule has 1 aromatic carbocycles. The number of hydrogen-bond acceptors (Lipinski definition) is 2. The van der Waals surface area contributed by atoms with Gasteiger partial charge in [0, 0.05) is 0 Å². The first kappa shape index (κ1) is 12.7. The van der Waals surface area contributed by atoms with Gasteiger partial charge in [-0.25, -0.2) is 0 Å². The molecule has 0 spiro atoms. The summed E-state index contributed by atoms with van der Waals surface area (Å²) in [5.74, 6) is -0.332. The van der Waals surface area contributed by atoms with E-state index in [2.05, 4.69) is 12.2 Å². The van der Waals surface area contributed by atoms with Gasteiger partial charge in [0.15, 0.2) is 0 Å². The molecule has 0 heterocycles.